The molecule has 1 aliphatic rings. The predicted octanol–water partition coefficient (Wildman–Crippen LogP) is 2.15. The first kappa shape index (κ1) is 5.49. The molecule has 0 nitrogen and oxygen atoms in total. The van der Waals surface area contributed by atoms with E-state index in [0.717, 1.165) is 11.2 Å². The molecule has 0 N–H and O–H groups in total. The van der Waals surface area contributed by atoms with Crippen molar-refractivity contribution in [2.75, 3.05) is 5.75 Å². The maximum Gasteiger partial charge on any atom is 0.00780 e. The van der Waals surface area contributed by atoms with Crippen molar-refractivity contribution in [3.63, 3.8) is 0 Å². The molecular weight excluding hydrogens is 104 g/mol. The summed E-state index contributed by atoms with van der Waals surface area (Å²) in [5.74, 6) is 2.41. The molecule has 1 aliphatic heterocycles. The standard InChI is InChI=1S/C6H12S/c1-3-6-5(2)4-7-6/h5-6H,3-4H2,1-2H3/t5-,6+/m1/s1. The minimum atomic E-state index is 1.000. The summed E-state index contributed by atoms with van der Waals surface area (Å²) < 4.78 is 0. The van der Waals surface area contributed by atoms with E-state index in [-0.39, 0.29) is 0 Å². The van der Waals surface area contributed by atoms with Crippen molar-refractivity contribution in [2.24, 2.45) is 5.92 Å². The fourth-order valence-corrected chi connectivity index (χ4v) is 2.03. The quantitative estimate of drug-likeness (QED) is 0.506. The molecule has 0 aromatic heterocycles. The minimum absolute atomic E-state index is 1.000. The molecule has 0 saturated carbocycles. The lowest BCUT2D eigenvalue weighted by atomic mass is 10.1. The second-order valence-corrected chi connectivity index (χ2v) is 3.53. The van der Waals surface area contributed by atoms with Crippen molar-refractivity contribution in [3.05, 3.63) is 0 Å². The van der Waals surface area contributed by atoms with E-state index in [1.54, 1.807) is 0 Å². The third-order valence-corrected chi connectivity index (χ3v) is 3.55. The lowest BCUT2D eigenvalue weighted by Gasteiger charge is -2.31. The summed E-state index contributed by atoms with van der Waals surface area (Å²) >= 11 is 2.11. The normalized spacial score (nSPS) is 40.3. The van der Waals surface area contributed by atoms with Crippen LogP contribution in [0.15, 0.2) is 0 Å². The third kappa shape index (κ3) is 0.933. The number of hydrogen-bond donors (Lipinski definition) is 0. The van der Waals surface area contributed by atoms with Gasteiger partial charge in [0.2, 0.25) is 0 Å². The van der Waals surface area contributed by atoms with Crippen molar-refractivity contribution in [3.8, 4) is 0 Å². The van der Waals surface area contributed by atoms with Gasteiger partial charge >= 0.3 is 0 Å². The fraction of sp³-hybridized carbons (Fsp3) is 1.00. The molecule has 0 unspecified atom stereocenters. The van der Waals surface area contributed by atoms with Crippen molar-refractivity contribution in [2.45, 2.75) is 25.5 Å². The van der Waals surface area contributed by atoms with Crippen LogP contribution in [-0.2, 0) is 0 Å². The summed E-state index contributed by atoms with van der Waals surface area (Å²) in [5.41, 5.74) is 0. The summed E-state index contributed by atoms with van der Waals surface area (Å²) in [6, 6.07) is 0. The molecule has 0 radical (unpaired) electrons. The zero-order valence-electron chi connectivity index (χ0n) is 4.98. The van der Waals surface area contributed by atoms with Crippen LogP contribution >= 0.6 is 11.8 Å². The third-order valence-electron chi connectivity index (χ3n) is 1.61. The van der Waals surface area contributed by atoms with E-state index in [2.05, 4.69) is 25.6 Å². The van der Waals surface area contributed by atoms with Gasteiger partial charge in [-0.25, -0.2) is 0 Å². The van der Waals surface area contributed by atoms with Crippen molar-refractivity contribution < 1.29 is 0 Å². The van der Waals surface area contributed by atoms with Crippen molar-refractivity contribution in [1.29, 1.82) is 0 Å². The van der Waals surface area contributed by atoms with Gasteiger partial charge in [-0.1, -0.05) is 13.8 Å². The molecule has 1 heterocycles. The summed E-state index contributed by atoms with van der Waals surface area (Å²) in [4.78, 5) is 0. The first-order chi connectivity index (χ1) is 3.34. The van der Waals surface area contributed by atoms with Gasteiger partial charge < -0.3 is 0 Å². The molecular formula is C6H12S. The largest absolute Gasteiger partial charge is 0.158 e. The highest BCUT2D eigenvalue weighted by molar-refractivity contribution is 8.01. The Hall–Kier alpha value is 0.350. The van der Waals surface area contributed by atoms with Gasteiger partial charge in [-0.05, 0) is 18.1 Å². The van der Waals surface area contributed by atoms with E-state index in [4.69, 9.17) is 0 Å². The Morgan fingerprint density at radius 1 is 1.71 bits per heavy atom. The Morgan fingerprint density at radius 2 is 2.43 bits per heavy atom. The number of hydrogen-bond acceptors (Lipinski definition) is 1. The van der Waals surface area contributed by atoms with Crippen LogP contribution in [0.3, 0.4) is 0 Å². The molecule has 2 atom stereocenters. The first-order valence-electron chi connectivity index (χ1n) is 2.96. The Kier molecular flexibility index (Phi) is 1.63. The second kappa shape index (κ2) is 2.08. The molecule has 0 aromatic carbocycles. The van der Waals surface area contributed by atoms with E-state index in [9.17, 15) is 0 Å². The highest BCUT2D eigenvalue weighted by atomic mass is 32.2. The zero-order chi connectivity index (χ0) is 5.28. The molecule has 0 bridgehead atoms. The van der Waals surface area contributed by atoms with E-state index in [1.165, 1.54) is 12.2 Å². The predicted molar refractivity (Wildman–Crippen MR) is 35.7 cm³/mol. The molecule has 1 heteroatoms. The van der Waals surface area contributed by atoms with Gasteiger partial charge in [-0.3, -0.25) is 0 Å². The van der Waals surface area contributed by atoms with Crippen LogP contribution in [0.25, 0.3) is 0 Å². The van der Waals surface area contributed by atoms with Crippen LogP contribution in [0.4, 0.5) is 0 Å². The van der Waals surface area contributed by atoms with Gasteiger partial charge in [0.05, 0.1) is 0 Å². The molecule has 7 heavy (non-hydrogen) atoms. The van der Waals surface area contributed by atoms with Gasteiger partial charge in [-0.15, -0.1) is 0 Å². The van der Waals surface area contributed by atoms with Crippen LogP contribution in [-0.4, -0.2) is 11.0 Å². The molecule has 0 amide bonds. The Balaban J connectivity index is 2.16. The monoisotopic (exact) mass is 116 g/mol. The molecule has 1 rings (SSSR count). The zero-order valence-corrected chi connectivity index (χ0v) is 5.79. The summed E-state index contributed by atoms with van der Waals surface area (Å²) in [7, 11) is 0. The Bertz CT molecular complexity index is 59.2. The average molecular weight is 116 g/mol. The molecule has 0 aromatic rings. The van der Waals surface area contributed by atoms with E-state index >= 15 is 0 Å². The minimum Gasteiger partial charge on any atom is -0.158 e. The van der Waals surface area contributed by atoms with Crippen molar-refractivity contribution >= 4 is 11.8 Å². The lowest BCUT2D eigenvalue weighted by molar-refractivity contribution is 0.562. The number of thioether (sulfide) groups is 1. The topological polar surface area (TPSA) is 0 Å². The molecule has 1 fully saturated rings. The van der Waals surface area contributed by atoms with Gasteiger partial charge in [0.15, 0.2) is 0 Å². The summed E-state index contributed by atoms with van der Waals surface area (Å²) in [6.45, 7) is 4.61. The highest BCUT2D eigenvalue weighted by Gasteiger charge is 2.24. The van der Waals surface area contributed by atoms with Crippen LogP contribution in [0.2, 0.25) is 0 Å². The Morgan fingerprint density at radius 3 is 2.43 bits per heavy atom. The maximum atomic E-state index is 2.34. The van der Waals surface area contributed by atoms with Crippen LogP contribution in [0.5, 0.6) is 0 Å². The average Bonchev–Trinajstić information content (AvgIpc) is 1.65. The van der Waals surface area contributed by atoms with Crippen molar-refractivity contribution in [1.82, 2.24) is 0 Å². The van der Waals surface area contributed by atoms with E-state index < -0.39 is 0 Å². The van der Waals surface area contributed by atoms with E-state index in [0.29, 0.717) is 0 Å². The molecule has 1 saturated heterocycles. The van der Waals surface area contributed by atoms with Crippen LogP contribution in [0, 0.1) is 5.92 Å². The Labute approximate surface area is 49.7 Å². The molecule has 0 aliphatic carbocycles. The van der Waals surface area contributed by atoms with Gasteiger partial charge in [-0.2, -0.15) is 11.8 Å². The maximum absolute atomic E-state index is 2.34. The van der Waals surface area contributed by atoms with Gasteiger partial charge in [0.25, 0.3) is 0 Å². The highest BCUT2D eigenvalue weighted by Crippen LogP contribution is 2.35. The van der Waals surface area contributed by atoms with Crippen LogP contribution < -0.4 is 0 Å². The number of rotatable bonds is 1. The second-order valence-electron chi connectivity index (χ2n) is 2.26. The lowest BCUT2D eigenvalue weighted by Crippen LogP contribution is -2.26. The van der Waals surface area contributed by atoms with Gasteiger partial charge in [0.1, 0.15) is 0 Å². The molecule has 42 valence electrons. The van der Waals surface area contributed by atoms with Gasteiger partial charge in [0, 0.05) is 5.25 Å². The first-order valence-corrected chi connectivity index (χ1v) is 4.01. The molecule has 0 spiro atoms. The fourth-order valence-electron chi connectivity index (χ4n) is 0.945. The SMILES string of the molecule is CC[C@@H]1SC[C@H]1C. The summed E-state index contributed by atoms with van der Waals surface area (Å²) in [6.07, 6.45) is 1.37. The van der Waals surface area contributed by atoms with E-state index in [1.807, 2.05) is 0 Å². The smallest absolute Gasteiger partial charge is 0.00780 e. The van der Waals surface area contributed by atoms with Crippen LogP contribution in [0.1, 0.15) is 20.3 Å². The summed E-state index contributed by atoms with van der Waals surface area (Å²) in [5, 5.41) is 1.000.